The van der Waals surface area contributed by atoms with Crippen LogP contribution in [0, 0.1) is 10.1 Å². The van der Waals surface area contributed by atoms with Gasteiger partial charge in [0.15, 0.2) is 0 Å². The van der Waals surface area contributed by atoms with E-state index in [1.807, 2.05) is 24.3 Å². The number of rotatable bonds is 11. The van der Waals surface area contributed by atoms with Gasteiger partial charge in [-0.3, -0.25) is 29.4 Å². The maximum atomic E-state index is 12.5. The number of anilines is 1. The number of unbranched alkanes of at least 4 members (excludes halogenated alkanes) is 3. The number of fused-ring (bicyclic) bond motifs is 1. The summed E-state index contributed by atoms with van der Waals surface area (Å²) < 4.78 is 0. The zero-order chi connectivity index (χ0) is 23.1. The lowest BCUT2D eigenvalue weighted by Crippen LogP contribution is -2.30. The summed E-state index contributed by atoms with van der Waals surface area (Å²) in [5, 5.41) is 14.0. The fourth-order valence-electron chi connectivity index (χ4n) is 3.76. The van der Waals surface area contributed by atoms with E-state index in [0.29, 0.717) is 25.7 Å². The fraction of sp³-hybridized carbons (Fsp3) is 0.375. The standard InChI is InChI=1S/C24H27N3O5/c1-2-3-8-17-12-14-18(15-13-17)25-21(28)11-5-4-6-16-26-23(29)19-9-7-10-20(27(31)32)22(19)24(26)30/h7,9-10,12-15H,2-6,8,11,16H2,1H3,(H,25,28). The van der Waals surface area contributed by atoms with Crippen molar-refractivity contribution >= 4 is 29.1 Å². The average molecular weight is 437 g/mol. The van der Waals surface area contributed by atoms with Crippen molar-refractivity contribution in [2.75, 3.05) is 11.9 Å². The maximum absolute atomic E-state index is 12.5. The van der Waals surface area contributed by atoms with Crippen molar-refractivity contribution in [3.8, 4) is 0 Å². The van der Waals surface area contributed by atoms with Crippen LogP contribution in [0.4, 0.5) is 11.4 Å². The smallest absolute Gasteiger partial charge is 0.282 e. The average Bonchev–Trinajstić information content (AvgIpc) is 3.03. The van der Waals surface area contributed by atoms with E-state index in [4.69, 9.17) is 0 Å². The van der Waals surface area contributed by atoms with E-state index < -0.39 is 16.7 Å². The first-order chi connectivity index (χ1) is 15.4. The molecule has 0 aliphatic carbocycles. The molecule has 3 rings (SSSR count). The Labute approximate surface area is 186 Å². The molecule has 0 unspecified atom stereocenters. The van der Waals surface area contributed by atoms with Gasteiger partial charge in [0.2, 0.25) is 5.91 Å². The number of imide groups is 1. The summed E-state index contributed by atoms with van der Waals surface area (Å²) in [6.07, 6.45) is 5.45. The van der Waals surface area contributed by atoms with Gasteiger partial charge in [-0.05, 0) is 49.4 Å². The van der Waals surface area contributed by atoms with E-state index in [1.165, 1.54) is 23.8 Å². The van der Waals surface area contributed by atoms with Crippen LogP contribution in [0.3, 0.4) is 0 Å². The van der Waals surface area contributed by atoms with E-state index in [0.717, 1.165) is 29.8 Å². The molecule has 168 valence electrons. The highest BCUT2D eigenvalue weighted by Gasteiger charge is 2.40. The zero-order valence-corrected chi connectivity index (χ0v) is 18.1. The molecule has 0 radical (unpaired) electrons. The number of aryl methyl sites for hydroxylation is 1. The highest BCUT2D eigenvalue weighted by molar-refractivity contribution is 6.23. The minimum atomic E-state index is -0.648. The fourth-order valence-corrected chi connectivity index (χ4v) is 3.76. The lowest BCUT2D eigenvalue weighted by atomic mass is 10.1. The lowest BCUT2D eigenvalue weighted by Gasteiger charge is -2.13. The van der Waals surface area contributed by atoms with Crippen molar-refractivity contribution < 1.29 is 19.3 Å². The van der Waals surface area contributed by atoms with Crippen molar-refractivity contribution in [2.45, 2.75) is 51.9 Å². The largest absolute Gasteiger partial charge is 0.326 e. The quantitative estimate of drug-likeness (QED) is 0.236. The molecule has 1 aliphatic heterocycles. The normalized spacial score (nSPS) is 12.7. The first kappa shape index (κ1) is 23.1. The van der Waals surface area contributed by atoms with Gasteiger partial charge in [-0.25, -0.2) is 0 Å². The van der Waals surface area contributed by atoms with E-state index in [1.54, 1.807) is 0 Å². The minimum Gasteiger partial charge on any atom is -0.326 e. The Morgan fingerprint density at radius 2 is 1.75 bits per heavy atom. The highest BCUT2D eigenvalue weighted by atomic mass is 16.6. The number of benzene rings is 2. The predicted molar refractivity (Wildman–Crippen MR) is 121 cm³/mol. The number of nitrogens with one attached hydrogen (secondary N) is 1. The molecule has 0 bridgehead atoms. The number of hydrogen-bond donors (Lipinski definition) is 1. The predicted octanol–water partition coefficient (Wildman–Crippen LogP) is 4.73. The maximum Gasteiger partial charge on any atom is 0.282 e. The van der Waals surface area contributed by atoms with Gasteiger partial charge in [0, 0.05) is 24.7 Å². The summed E-state index contributed by atoms with van der Waals surface area (Å²) in [5.74, 6) is -1.21. The first-order valence-corrected chi connectivity index (χ1v) is 10.9. The van der Waals surface area contributed by atoms with Crippen LogP contribution in [0.25, 0.3) is 0 Å². The Bertz CT molecular complexity index is 1020. The molecule has 1 N–H and O–H groups in total. The summed E-state index contributed by atoms with van der Waals surface area (Å²) >= 11 is 0. The summed E-state index contributed by atoms with van der Waals surface area (Å²) in [6.45, 7) is 2.32. The Morgan fingerprint density at radius 1 is 1.00 bits per heavy atom. The van der Waals surface area contributed by atoms with Crippen molar-refractivity contribution in [3.63, 3.8) is 0 Å². The molecule has 8 nitrogen and oxygen atoms in total. The number of carbonyl (C=O) groups is 3. The van der Waals surface area contributed by atoms with Gasteiger partial charge in [0.25, 0.3) is 17.5 Å². The van der Waals surface area contributed by atoms with Gasteiger partial charge in [0.05, 0.1) is 10.5 Å². The first-order valence-electron chi connectivity index (χ1n) is 10.9. The van der Waals surface area contributed by atoms with E-state index >= 15 is 0 Å². The van der Waals surface area contributed by atoms with Crippen molar-refractivity contribution in [3.05, 3.63) is 69.3 Å². The second-order valence-electron chi connectivity index (χ2n) is 7.88. The molecule has 2 aromatic carbocycles. The van der Waals surface area contributed by atoms with Crippen LogP contribution < -0.4 is 5.32 Å². The molecule has 32 heavy (non-hydrogen) atoms. The molecule has 8 heteroatoms. The van der Waals surface area contributed by atoms with Crippen LogP contribution in [-0.4, -0.2) is 34.1 Å². The molecule has 1 aliphatic rings. The number of nitro benzene ring substituents is 1. The molecular weight excluding hydrogens is 410 g/mol. The third-order valence-corrected chi connectivity index (χ3v) is 5.52. The Balaban J connectivity index is 1.41. The van der Waals surface area contributed by atoms with Gasteiger partial charge in [0.1, 0.15) is 5.56 Å². The second kappa shape index (κ2) is 10.7. The lowest BCUT2D eigenvalue weighted by molar-refractivity contribution is -0.385. The molecule has 0 saturated heterocycles. The van der Waals surface area contributed by atoms with E-state index in [9.17, 15) is 24.5 Å². The zero-order valence-electron chi connectivity index (χ0n) is 18.1. The Morgan fingerprint density at radius 3 is 2.44 bits per heavy atom. The van der Waals surface area contributed by atoms with Gasteiger partial charge < -0.3 is 5.32 Å². The molecular formula is C24H27N3O5. The number of carbonyl (C=O) groups excluding carboxylic acids is 3. The van der Waals surface area contributed by atoms with Crippen molar-refractivity contribution in [1.29, 1.82) is 0 Å². The topological polar surface area (TPSA) is 110 Å². The molecule has 0 saturated carbocycles. The van der Waals surface area contributed by atoms with E-state index in [-0.39, 0.29) is 29.3 Å². The molecule has 1 heterocycles. The molecule has 3 amide bonds. The Hall–Kier alpha value is -3.55. The Kier molecular flexibility index (Phi) is 7.70. The van der Waals surface area contributed by atoms with E-state index in [2.05, 4.69) is 12.2 Å². The van der Waals surface area contributed by atoms with Gasteiger partial charge in [-0.15, -0.1) is 0 Å². The summed E-state index contributed by atoms with van der Waals surface area (Å²) in [6, 6.07) is 11.9. The highest BCUT2D eigenvalue weighted by Crippen LogP contribution is 2.30. The van der Waals surface area contributed by atoms with Gasteiger partial charge in [-0.1, -0.05) is 38.0 Å². The van der Waals surface area contributed by atoms with Crippen LogP contribution in [-0.2, 0) is 11.2 Å². The van der Waals surface area contributed by atoms with Crippen molar-refractivity contribution in [2.24, 2.45) is 0 Å². The number of nitro groups is 1. The van der Waals surface area contributed by atoms with Crippen LogP contribution in [0.1, 0.15) is 71.7 Å². The molecule has 2 aromatic rings. The SMILES string of the molecule is CCCCc1ccc(NC(=O)CCCCCN2C(=O)c3cccc([N+](=O)[O-])c3C2=O)cc1. The number of amides is 3. The monoisotopic (exact) mass is 437 g/mol. The van der Waals surface area contributed by atoms with Crippen LogP contribution >= 0.6 is 0 Å². The van der Waals surface area contributed by atoms with Gasteiger partial charge >= 0.3 is 0 Å². The van der Waals surface area contributed by atoms with Gasteiger partial charge in [-0.2, -0.15) is 0 Å². The van der Waals surface area contributed by atoms with Crippen LogP contribution in [0.2, 0.25) is 0 Å². The number of hydrogen-bond acceptors (Lipinski definition) is 5. The number of nitrogens with zero attached hydrogens (tertiary/aromatic N) is 2. The summed E-state index contributed by atoms with van der Waals surface area (Å²) in [4.78, 5) is 48.7. The molecule has 0 fully saturated rings. The molecule has 0 atom stereocenters. The molecule has 0 aromatic heterocycles. The third kappa shape index (κ3) is 5.38. The van der Waals surface area contributed by atoms with Crippen molar-refractivity contribution in [1.82, 2.24) is 4.90 Å². The summed E-state index contributed by atoms with van der Waals surface area (Å²) in [7, 11) is 0. The second-order valence-corrected chi connectivity index (χ2v) is 7.88. The minimum absolute atomic E-state index is 0.0734. The van der Waals surface area contributed by atoms with Crippen LogP contribution in [0.15, 0.2) is 42.5 Å². The molecule has 0 spiro atoms. The summed E-state index contributed by atoms with van der Waals surface area (Å²) in [5.41, 5.74) is 1.61. The van der Waals surface area contributed by atoms with Crippen LogP contribution in [0.5, 0.6) is 0 Å². The third-order valence-electron chi connectivity index (χ3n) is 5.52.